The lowest BCUT2D eigenvalue weighted by atomic mass is 9.71. The van der Waals surface area contributed by atoms with E-state index in [-0.39, 0.29) is 0 Å². The summed E-state index contributed by atoms with van der Waals surface area (Å²) in [6.07, 6.45) is 3.60. The fraction of sp³-hybridized carbons (Fsp3) is 0.833. The van der Waals surface area contributed by atoms with Gasteiger partial charge in [0.25, 0.3) is 0 Å². The average molecular weight is 271 g/mol. The average Bonchev–Trinajstić information content (AvgIpc) is 2.72. The third-order valence-corrected chi connectivity index (χ3v) is 5.85. The first-order valence-corrected chi connectivity index (χ1v) is 7.91. The Kier molecular flexibility index (Phi) is 4.10. The molecule has 3 atom stereocenters. The van der Waals surface area contributed by atoms with Crippen LogP contribution in [0.25, 0.3) is 0 Å². The van der Waals surface area contributed by atoms with Gasteiger partial charge in [-0.2, -0.15) is 0 Å². The van der Waals surface area contributed by atoms with Crippen molar-refractivity contribution in [2.24, 2.45) is 17.1 Å². The maximum Gasteiger partial charge on any atom is 0.174 e. The Morgan fingerprint density at radius 3 is 2.76 bits per heavy atom. The van der Waals surface area contributed by atoms with E-state index in [1.165, 1.54) is 12.8 Å². The predicted octanol–water partition coefficient (Wildman–Crippen LogP) is 3.17. The van der Waals surface area contributed by atoms with Gasteiger partial charge in [-0.05, 0) is 30.6 Å². The molecular weight excluding hydrogens is 250 g/mol. The highest BCUT2D eigenvalue weighted by Gasteiger charge is 2.35. The lowest BCUT2D eigenvalue weighted by molar-refractivity contribution is 0.174. The van der Waals surface area contributed by atoms with Crippen LogP contribution in [0.15, 0.2) is 9.85 Å². The number of aromatic nitrogens is 2. The molecule has 96 valence electrons. The van der Waals surface area contributed by atoms with E-state index in [2.05, 4.69) is 31.0 Å². The van der Waals surface area contributed by atoms with Gasteiger partial charge in [-0.15, -0.1) is 10.2 Å². The quantitative estimate of drug-likeness (QED) is 0.897. The lowest BCUT2D eigenvalue weighted by Crippen LogP contribution is -2.41. The number of nitrogens with zero attached hydrogens (tertiary/aromatic N) is 2. The summed E-state index contributed by atoms with van der Waals surface area (Å²) in [5.41, 5.74) is 8.42. The van der Waals surface area contributed by atoms with E-state index in [0.29, 0.717) is 16.7 Å². The van der Waals surface area contributed by atoms with E-state index >= 15 is 0 Å². The number of thioether (sulfide) groups is 1. The monoisotopic (exact) mass is 271 g/mol. The molecule has 3 unspecified atom stereocenters. The Bertz CT molecular complexity index is 345. The molecule has 2 N–H and O–H groups in total. The first kappa shape index (κ1) is 13.3. The molecule has 1 aliphatic carbocycles. The number of rotatable bonds is 2. The van der Waals surface area contributed by atoms with Crippen LogP contribution in [0.5, 0.6) is 0 Å². The minimum absolute atomic E-state index is 0.308. The van der Waals surface area contributed by atoms with Gasteiger partial charge >= 0.3 is 0 Å². The molecule has 1 aromatic heterocycles. The van der Waals surface area contributed by atoms with Crippen LogP contribution in [0.1, 0.15) is 40.0 Å². The number of hydrogen-bond donors (Lipinski definition) is 1. The zero-order valence-corrected chi connectivity index (χ0v) is 12.4. The van der Waals surface area contributed by atoms with Gasteiger partial charge in [0.1, 0.15) is 5.51 Å². The molecule has 0 aliphatic heterocycles. The summed E-state index contributed by atoms with van der Waals surface area (Å²) in [4.78, 5) is 0. The van der Waals surface area contributed by atoms with Gasteiger partial charge < -0.3 is 5.73 Å². The van der Waals surface area contributed by atoms with E-state index in [0.717, 1.165) is 16.7 Å². The van der Waals surface area contributed by atoms with Crippen molar-refractivity contribution < 1.29 is 0 Å². The molecule has 1 aliphatic rings. The van der Waals surface area contributed by atoms with Crippen molar-refractivity contribution in [2.45, 2.75) is 55.7 Å². The summed E-state index contributed by atoms with van der Waals surface area (Å²) < 4.78 is 1.06. The molecule has 0 radical (unpaired) electrons. The van der Waals surface area contributed by atoms with Crippen LogP contribution >= 0.6 is 23.1 Å². The minimum Gasteiger partial charge on any atom is -0.327 e. The molecule has 17 heavy (non-hydrogen) atoms. The van der Waals surface area contributed by atoms with Crippen LogP contribution in [0.2, 0.25) is 0 Å². The first-order chi connectivity index (χ1) is 7.97. The van der Waals surface area contributed by atoms with Crippen LogP contribution in [-0.4, -0.2) is 21.5 Å². The van der Waals surface area contributed by atoms with Gasteiger partial charge in [-0.1, -0.05) is 43.9 Å². The topological polar surface area (TPSA) is 51.8 Å². The Hall–Kier alpha value is -0.130. The molecule has 1 saturated carbocycles. The third kappa shape index (κ3) is 3.42. The highest BCUT2D eigenvalue weighted by molar-refractivity contribution is 8.01. The molecule has 1 aromatic rings. The molecule has 3 nitrogen and oxygen atoms in total. The first-order valence-electron chi connectivity index (χ1n) is 6.15. The van der Waals surface area contributed by atoms with Crippen molar-refractivity contribution in [3.8, 4) is 0 Å². The maximum absolute atomic E-state index is 6.24. The Morgan fingerprint density at radius 2 is 2.18 bits per heavy atom. The Labute approximate surface area is 112 Å². The Balaban J connectivity index is 2.00. The molecule has 0 bridgehead atoms. The largest absolute Gasteiger partial charge is 0.327 e. The molecule has 0 aromatic carbocycles. The fourth-order valence-electron chi connectivity index (χ4n) is 2.42. The van der Waals surface area contributed by atoms with Crippen molar-refractivity contribution in [1.82, 2.24) is 10.2 Å². The van der Waals surface area contributed by atoms with E-state index in [1.807, 2.05) is 11.8 Å². The predicted molar refractivity (Wildman–Crippen MR) is 74.3 cm³/mol. The van der Waals surface area contributed by atoms with Crippen molar-refractivity contribution in [2.75, 3.05) is 0 Å². The van der Waals surface area contributed by atoms with Gasteiger partial charge in [0, 0.05) is 11.3 Å². The second-order valence-electron chi connectivity index (χ2n) is 5.90. The molecule has 1 fully saturated rings. The van der Waals surface area contributed by atoms with Crippen LogP contribution in [0, 0.1) is 11.3 Å². The van der Waals surface area contributed by atoms with E-state index < -0.39 is 0 Å². The summed E-state index contributed by atoms with van der Waals surface area (Å²) in [6.45, 7) is 7.00. The van der Waals surface area contributed by atoms with Crippen LogP contribution < -0.4 is 5.73 Å². The zero-order valence-electron chi connectivity index (χ0n) is 10.7. The van der Waals surface area contributed by atoms with Crippen LogP contribution in [0.3, 0.4) is 0 Å². The highest BCUT2D eigenvalue weighted by atomic mass is 32.2. The second-order valence-corrected chi connectivity index (χ2v) is 8.22. The molecule has 0 saturated heterocycles. The molecule has 0 amide bonds. The number of nitrogens with two attached hydrogens (primary N) is 1. The lowest BCUT2D eigenvalue weighted by Gasteiger charge is -2.40. The van der Waals surface area contributed by atoms with Gasteiger partial charge in [0.15, 0.2) is 4.34 Å². The van der Waals surface area contributed by atoms with Gasteiger partial charge in [0.05, 0.1) is 0 Å². The molecular formula is C12H21N3S2. The highest BCUT2D eigenvalue weighted by Crippen LogP contribution is 2.42. The van der Waals surface area contributed by atoms with Crippen molar-refractivity contribution >= 4 is 23.1 Å². The maximum atomic E-state index is 6.24. The normalized spacial score (nSPS) is 30.5. The van der Waals surface area contributed by atoms with E-state index in [9.17, 15) is 0 Å². The van der Waals surface area contributed by atoms with Gasteiger partial charge in [0.2, 0.25) is 0 Å². The minimum atomic E-state index is 0.308. The molecule has 0 spiro atoms. The summed E-state index contributed by atoms with van der Waals surface area (Å²) in [7, 11) is 0. The van der Waals surface area contributed by atoms with Gasteiger partial charge in [-0.3, -0.25) is 0 Å². The summed E-state index contributed by atoms with van der Waals surface area (Å²) in [6, 6.07) is 0.308. The summed E-state index contributed by atoms with van der Waals surface area (Å²) in [5.74, 6) is 0.771. The van der Waals surface area contributed by atoms with E-state index in [4.69, 9.17) is 5.73 Å². The van der Waals surface area contributed by atoms with Crippen LogP contribution in [0.4, 0.5) is 0 Å². The zero-order chi connectivity index (χ0) is 12.5. The molecule has 2 rings (SSSR count). The number of hydrogen-bond acceptors (Lipinski definition) is 5. The van der Waals surface area contributed by atoms with Crippen molar-refractivity contribution in [3.63, 3.8) is 0 Å². The summed E-state index contributed by atoms with van der Waals surface area (Å²) in [5, 5.41) is 8.50. The standard InChI is InChI=1S/C12H21N3S2/c1-12(2,3)8-4-5-9(13)10(6-8)17-11-15-14-7-16-11/h7-10H,4-6,13H2,1-3H3. The summed E-state index contributed by atoms with van der Waals surface area (Å²) >= 11 is 3.43. The van der Waals surface area contributed by atoms with E-state index in [1.54, 1.807) is 16.8 Å². The molecule has 1 heterocycles. The SMILES string of the molecule is CC(C)(C)C1CCC(N)C(Sc2nncs2)C1. The Morgan fingerprint density at radius 1 is 1.41 bits per heavy atom. The fourth-order valence-corrected chi connectivity index (χ4v) is 4.41. The molecule has 5 heteroatoms. The third-order valence-electron chi connectivity index (χ3n) is 3.66. The van der Waals surface area contributed by atoms with Crippen molar-refractivity contribution in [3.05, 3.63) is 5.51 Å². The second kappa shape index (κ2) is 5.24. The van der Waals surface area contributed by atoms with Crippen molar-refractivity contribution in [1.29, 1.82) is 0 Å². The van der Waals surface area contributed by atoms with Gasteiger partial charge in [-0.25, -0.2) is 0 Å². The van der Waals surface area contributed by atoms with Crippen LogP contribution in [-0.2, 0) is 0 Å². The smallest absolute Gasteiger partial charge is 0.174 e.